The summed E-state index contributed by atoms with van der Waals surface area (Å²) in [5.74, 6) is -0.0118. The molecule has 2 unspecified atom stereocenters. The highest BCUT2D eigenvalue weighted by atomic mass is 31.0. The molecule has 1 amide bonds. The van der Waals surface area contributed by atoms with Gasteiger partial charge in [0.05, 0.1) is 0 Å². The molecule has 2 N–H and O–H groups in total. The van der Waals surface area contributed by atoms with Gasteiger partial charge in [-0.1, -0.05) is 28.4 Å². The minimum atomic E-state index is -0.294. The number of carbonyl (C=O) groups excluding carboxylic acids is 1. The van der Waals surface area contributed by atoms with Crippen LogP contribution in [0.25, 0.3) is 0 Å². The van der Waals surface area contributed by atoms with Crippen molar-refractivity contribution >= 4 is 15.3 Å². The number of aliphatic hydroxyl groups is 1. The Morgan fingerprint density at radius 1 is 1.63 bits per heavy atom. The molecule has 0 aliphatic carbocycles. The summed E-state index contributed by atoms with van der Waals surface area (Å²) in [6, 6.07) is 1.44. The Hall–Kier alpha value is -0.970. The molecule has 1 rings (SSSR count). The second-order valence-corrected chi connectivity index (χ2v) is 5.28. The number of aromatic nitrogens is 1. The van der Waals surface area contributed by atoms with Gasteiger partial charge in [0.2, 0.25) is 0 Å². The molecule has 19 heavy (non-hydrogen) atoms. The summed E-state index contributed by atoms with van der Waals surface area (Å²) in [5, 5.41) is 15.3. The molecule has 7 heteroatoms. The minimum Gasteiger partial charge on any atom is -0.388 e. The molecular formula is C12H22N3O3P. The van der Waals surface area contributed by atoms with E-state index in [1.165, 1.54) is 6.07 Å². The van der Waals surface area contributed by atoms with E-state index >= 15 is 0 Å². The highest BCUT2D eigenvalue weighted by molar-refractivity contribution is 7.13. The van der Waals surface area contributed by atoms with E-state index in [1.807, 2.05) is 0 Å². The summed E-state index contributed by atoms with van der Waals surface area (Å²) in [4.78, 5) is 11.9. The Kier molecular flexibility index (Phi) is 5.91. The van der Waals surface area contributed by atoms with Gasteiger partial charge in [-0.25, -0.2) is 0 Å². The van der Waals surface area contributed by atoms with Crippen molar-refractivity contribution in [2.24, 2.45) is 0 Å². The maximum absolute atomic E-state index is 11.9. The van der Waals surface area contributed by atoms with Crippen LogP contribution in [0.1, 0.15) is 43.4 Å². The average Bonchev–Trinajstić information content (AvgIpc) is 2.92. The second-order valence-electron chi connectivity index (χ2n) is 4.66. The molecule has 0 radical (unpaired) electrons. The summed E-state index contributed by atoms with van der Waals surface area (Å²) < 4.78 is 6.91. The normalized spacial score (nSPS) is 14.4. The summed E-state index contributed by atoms with van der Waals surface area (Å²) >= 11 is 0. The quantitative estimate of drug-likeness (QED) is 0.736. The fraction of sp³-hybridized carbons (Fsp3) is 0.667. The minimum absolute atomic E-state index is 0.126. The lowest BCUT2D eigenvalue weighted by Gasteiger charge is -2.37. The van der Waals surface area contributed by atoms with Crippen molar-refractivity contribution in [1.82, 2.24) is 15.1 Å². The van der Waals surface area contributed by atoms with Gasteiger partial charge in [-0.15, -0.1) is 0 Å². The van der Waals surface area contributed by atoms with Gasteiger partial charge < -0.3 is 14.9 Å². The Morgan fingerprint density at radius 3 is 2.79 bits per heavy atom. The van der Waals surface area contributed by atoms with E-state index in [-0.39, 0.29) is 29.5 Å². The van der Waals surface area contributed by atoms with E-state index in [0.29, 0.717) is 6.54 Å². The predicted octanol–water partition coefficient (Wildman–Crippen LogP) is 1.18. The third-order valence-electron chi connectivity index (χ3n) is 3.37. The topological polar surface area (TPSA) is 78.6 Å². The number of nitrogens with zero attached hydrogens (tertiary/aromatic N) is 2. The van der Waals surface area contributed by atoms with E-state index in [0.717, 1.165) is 13.0 Å². The van der Waals surface area contributed by atoms with Crippen molar-refractivity contribution in [3.8, 4) is 0 Å². The van der Waals surface area contributed by atoms with Gasteiger partial charge >= 0.3 is 0 Å². The summed E-state index contributed by atoms with van der Waals surface area (Å²) in [6.45, 7) is 7.37. The van der Waals surface area contributed by atoms with Gasteiger partial charge in [0.1, 0.15) is 6.61 Å². The first kappa shape index (κ1) is 16.1. The molecule has 0 fully saturated rings. The molecule has 0 aromatic carbocycles. The van der Waals surface area contributed by atoms with Crippen molar-refractivity contribution in [2.45, 2.75) is 39.3 Å². The Morgan fingerprint density at radius 2 is 2.32 bits per heavy atom. The molecule has 0 spiro atoms. The molecule has 0 saturated carbocycles. The molecule has 108 valence electrons. The van der Waals surface area contributed by atoms with Crippen LogP contribution in [-0.2, 0) is 6.61 Å². The van der Waals surface area contributed by atoms with Crippen LogP contribution in [0.3, 0.4) is 0 Å². The largest absolute Gasteiger partial charge is 0.388 e. The molecule has 0 bridgehead atoms. The number of aliphatic hydroxyl groups excluding tert-OH is 1. The number of rotatable bonds is 7. The van der Waals surface area contributed by atoms with Gasteiger partial charge in [0.15, 0.2) is 11.5 Å². The van der Waals surface area contributed by atoms with Crippen molar-refractivity contribution < 1.29 is 14.4 Å². The molecular weight excluding hydrogens is 265 g/mol. The highest BCUT2D eigenvalue weighted by Crippen LogP contribution is 2.22. The first-order valence-corrected chi connectivity index (χ1v) is 6.85. The number of carbonyl (C=O) groups is 1. The van der Waals surface area contributed by atoms with Gasteiger partial charge in [-0.05, 0) is 19.9 Å². The monoisotopic (exact) mass is 287 g/mol. The van der Waals surface area contributed by atoms with Crippen LogP contribution in [0.5, 0.6) is 0 Å². The molecule has 0 aliphatic rings. The number of likely N-dealkylation sites (N-methyl/N-ethyl adjacent to an activating group) is 1. The molecule has 1 aromatic rings. The zero-order valence-electron chi connectivity index (χ0n) is 11.6. The fourth-order valence-corrected chi connectivity index (χ4v) is 1.94. The molecule has 6 nitrogen and oxygen atoms in total. The van der Waals surface area contributed by atoms with Gasteiger partial charge in [-0.3, -0.25) is 9.46 Å². The molecule has 1 heterocycles. The molecule has 2 atom stereocenters. The molecule has 0 aliphatic heterocycles. The lowest BCUT2D eigenvalue weighted by atomic mass is 9.98. The van der Waals surface area contributed by atoms with E-state index < -0.39 is 0 Å². The highest BCUT2D eigenvalue weighted by Gasteiger charge is 2.27. The van der Waals surface area contributed by atoms with Crippen LogP contribution in [0.2, 0.25) is 0 Å². The number of hydrogen-bond acceptors (Lipinski definition) is 5. The van der Waals surface area contributed by atoms with Crippen LogP contribution < -0.4 is 5.32 Å². The third-order valence-corrected chi connectivity index (χ3v) is 4.36. The fourth-order valence-electron chi connectivity index (χ4n) is 1.67. The average molecular weight is 287 g/mol. The lowest BCUT2D eigenvalue weighted by molar-refractivity contribution is 0.0915. The van der Waals surface area contributed by atoms with Crippen molar-refractivity contribution in [3.05, 3.63) is 17.5 Å². The van der Waals surface area contributed by atoms with Crippen molar-refractivity contribution in [2.75, 3.05) is 13.1 Å². The van der Waals surface area contributed by atoms with E-state index in [9.17, 15) is 4.79 Å². The van der Waals surface area contributed by atoms with E-state index in [1.54, 1.807) is 0 Å². The second kappa shape index (κ2) is 6.98. The van der Waals surface area contributed by atoms with Crippen LogP contribution in [0.4, 0.5) is 0 Å². The van der Waals surface area contributed by atoms with Crippen LogP contribution >= 0.6 is 9.39 Å². The van der Waals surface area contributed by atoms with E-state index in [2.05, 4.69) is 45.3 Å². The molecule has 0 saturated heterocycles. The zero-order valence-corrected chi connectivity index (χ0v) is 12.8. The van der Waals surface area contributed by atoms with Crippen LogP contribution in [0, 0.1) is 0 Å². The van der Waals surface area contributed by atoms with Crippen LogP contribution in [0.15, 0.2) is 10.6 Å². The Labute approximate surface area is 115 Å². The maximum Gasteiger partial charge on any atom is 0.273 e. The number of hydrogen-bond donors (Lipinski definition) is 2. The smallest absolute Gasteiger partial charge is 0.273 e. The Balaban J connectivity index is 2.62. The van der Waals surface area contributed by atoms with Crippen molar-refractivity contribution in [1.29, 1.82) is 0 Å². The molecule has 1 aromatic heterocycles. The predicted molar refractivity (Wildman–Crippen MR) is 75.5 cm³/mol. The standard InChI is InChI=1S/C12H22N3O3P/c1-4-12(3,15(19)5-2)8-13-11(17)10-6-9(7-16)18-14-10/h6,16H,4-5,7-8,19H2,1-3H3,(H,13,17). The summed E-state index contributed by atoms with van der Waals surface area (Å²) in [6.07, 6.45) is 0.908. The third kappa shape index (κ3) is 4.00. The van der Waals surface area contributed by atoms with Gasteiger partial charge in [0.25, 0.3) is 5.91 Å². The summed E-state index contributed by atoms with van der Waals surface area (Å²) in [5.41, 5.74) is 0.0628. The Bertz CT molecular complexity index is 424. The van der Waals surface area contributed by atoms with Crippen molar-refractivity contribution in [3.63, 3.8) is 0 Å². The maximum atomic E-state index is 11.9. The summed E-state index contributed by atoms with van der Waals surface area (Å²) in [7, 11) is 2.69. The number of nitrogens with one attached hydrogen (secondary N) is 1. The van der Waals surface area contributed by atoms with Gasteiger partial charge in [0, 0.05) is 18.2 Å². The zero-order chi connectivity index (χ0) is 14.5. The first-order valence-electron chi connectivity index (χ1n) is 6.33. The van der Waals surface area contributed by atoms with E-state index in [4.69, 9.17) is 9.63 Å². The first-order chi connectivity index (χ1) is 8.96. The SMILES string of the molecule is CCN(P)C(C)(CC)CNC(=O)c1cc(CO)on1. The lowest BCUT2D eigenvalue weighted by Crippen LogP contribution is -2.49. The van der Waals surface area contributed by atoms with Gasteiger partial charge in [-0.2, -0.15) is 0 Å². The number of amides is 1. The van der Waals surface area contributed by atoms with Crippen LogP contribution in [-0.4, -0.2) is 39.5 Å².